The number of rotatable bonds is 6. The first-order valence-corrected chi connectivity index (χ1v) is 10.1. The minimum Gasteiger partial charge on any atom is -0.476 e. The van der Waals surface area contributed by atoms with Gasteiger partial charge >= 0.3 is 6.18 Å². The lowest BCUT2D eigenvalue weighted by Crippen LogP contribution is -2.04. The third-order valence-corrected chi connectivity index (χ3v) is 4.95. The van der Waals surface area contributed by atoms with Gasteiger partial charge in [0.2, 0.25) is 11.8 Å². The second-order valence-corrected chi connectivity index (χ2v) is 7.51. The first-order chi connectivity index (χ1) is 14.8. The van der Waals surface area contributed by atoms with Gasteiger partial charge in [-0.3, -0.25) is 0 Å². The molecule has 2 heterocycles. The predicted octanol–water partition coefficient (Wildman–Crippen LogP) is 6.38. The van der Waals surface area contributed by atoms with E-state index in [4.69, 9.17) is 9.15 Å². The summed E-state index contributed by atoms with van der Waals surface area (Å²) in [7, 11) is 0. The molecule has 0 radical (unpaired) electrons. The first-order valence-electron chi connectivity index (χ1n) is 9.26. The normalized spacial score (nSPS) is 11.8. The Balaban J connectivity index is 1.74. The third kappa shape index (κ3) is 4.79. The second-order valence-electron chi connectivity index (χ2n) is 6.47. The number of aromatic nitrogens is 3. The number of hydrogen-bond acceptors (Lipinski definition) is 6. The van der Waals surface area contributed by atoms with Crippen LogP contribution in [0.15, 0.2) is 63.0 Å². The van der Waals surface area contributed by atoms with Gasteiger partial charge in [-0.15, -0.1) is 0 Å². The molecule has 4 aromatic rings. The molecule has 0 N–H and O–H groups in total. The van der Waals surface area contributed by atoms with Crippen LogP contribution >= 0.6 is 11.8 Å². The van der Waals surface area contributed by atoms with E-state index in [-0.39, 0.29) is 28.2 Å². The summed E-state index contributed by atoms with van der Waals surface area (Å²) in [6.45, 7) is 2.26. The third-order valence-electron chi connectivity index (χ3n) is 4.09. The van der Waals surface area contributed by atoms with Gasteiger partial charge in [0.25, 0.3) is 5.71 Å². The highest BCUT2D eigenvalue weighted by molar-refractivity contribution is 7.99. The Morgan fingerprint density at radius 3 is 2.58 bits per heavy atom. The Kier molecular flexibility index (Phi) is 5.81. The maximum absolute atomic E-state index is 13.6. The molecule has 10 heteroatoms. The van der Waals surface area contributed by atoms with Gasteiger partial charge in [-0.25, -0.2) is 9.37 Å². The number of halogens is 4. The van der Waals surface area contributed by atoms with Crippen molar-refractivity contribution in [1.29, 1.82) is 0 Å². The van der Waals surface area contributed by atoms with E-state index in [2.05, 4.69) is 15.0 Å². The van der Waals surface area contributed by atoms with Gasteiger partial charge in [0, 0.05) is 10.5 Å². The van der Waals surface area contributed by atoms with E-state index in [0.29, 0.717) is 23.5 Å². The summed E-state index contributed by atoms with van der Waals surface area (Å²) < 4.78 is 63.9. The van der Waals surface area contributed by atoms with Crippen LogP contribution in [-0.2, 0) is 6.18 Å². The van der Waals surface area contributed by atoms with Crippen LogP contribution in [0, 0.1) is 5.82 Å². The molecule has 0 fully saturated rings. The number of nitrogens with zero attached hydrogens (tertiary/aromatic N) is 3. The highest BCUT2D eigenvalue weighted by Crippen LogP contribution is 2.35. The van der Waals surface area contributed by atoms with Crippen LogP contribution in [0.3, 0.4) is 0 Å². The molecule has 0 aliphatic heterocycles. The van der Waals surface area contributed by atoms with Crippen molar-refractivity contribution in [3.8, 4) is 17.3 Å². The number of hydrogen-bond donors (Lipinski definition) is 0. The molecule has 0 unspecified atom stereocenters. The molecule has 160 valence electrons. The summed E-state index contributed by atoms with van der Waals surface area (Å²) in [5.41, 5.74) is -0.0171. The largest absolute Gasteiger partial charge is 0.476 e. The first kappa shape index (κ1) is 21.1. The molecule has 0 amide bonds. The average molecular weight is 449 g/mol. The summed E-state index contributed by atoms with van der Waals surface area (Å²) in [5.74, 6) is -0.173. The molecule has 0 aliphatic carbocycles. The van der Waals surface area contributed by atoms with Crippen LogP contribution in [0.5, 0.6) is 5.88 Å². The zero-order valence-electron chi connectivity index (χ0n) is 16.1. The number of alkyl halides is 3. The van der Waals surface area contributed by atoms with Gasteiger partial charge in [0.1, 0.15) is 5.82 Å². The van der Waals surface area contributed by atoms with Crippen molar-refractivity contribution >= 4 is 23.0 Å². The fourth-order valence-corrected chi connectivity index (χ4v) is 3.51. The van der Waals surface area contributed by atoms with E-state index in [1.807, 2.05) is 6.92 Å². The smallest absolute Gasteiger partial charge is 0.416 e. The van der Waals surface area contributed by atoms with Crippen molar-refractivity contribution in [3.63, 3.8) is 0 Å². The van der Waals surface area contributed by atoms with Crippen molar-refractivity contribution in [2.24, 2.45) is 0 Å². The SMILES string of the molecule is CCCOc1nc(Sc2cccc(C(F)(F)F)c2)nc2oc(-c3cccc(F)c3)nc12. The fourth-order valence-electron chi connectivity index (χ4n) is 2.71. The maximum Gasteiger partial charge on any atom is 0.416 e. The Hall–Kier alpha value is -3.14. The molecule has 0 aliphatic rings. The van der Waals surface area contributed by atoms with Crippen molar-refractivity contribution in [1.82, 2.24) is 15.0 Å². The van der Waals surface area contributed by atoms with Crippen LogP contribution < -0.4 is 4.74 Å². The van der Waals surface area contributed by atoms with E-state index < -0.39 is 17.6 Å². The summed E-state index contributed by atoms with van der Waals surface area (Å²) in [6.07, 6.45) is -3.75. The van der Waals surface area contributed by atoms with Crippen LogP contribution in [0.25, 0.3) is 22.7 Å². The summed E-state index contributed by atoms with van der Waals surface area (Å²) in [5, 5.41) is 0.139. The zero-order valence-corrected chi connectivity index (χ0v) is 16.9. The lowest BCUT2D eigenvalue weighted by Gasteiger charge is -2.08. The molecule has 2 aromatic carbocycles. The van der Waals surface area contributed by atoms with Crippen molar-refractivity contribution < 1.29 is 26.7 Å². The molecular formula is C21H15F4N3O2S. The van der Waals surface area contributed by atoms with Gasteiger partial charge in [0.15, 0.2) is 10.7 Å². The van der Waals surface area contributed by atoms with Crippen LogP contribution in [0.1, 0.15) is 18.9 Å². The number of ether oxygens (including phenoxy) is 1. The molecule has 0 saturated heterocycles. The van der Waals surface area contributed by atoms with Crippen molar-refractivity contribution in [2.75, 3.05) is 6.61 Å². The molecule has 4 rings (SSSR count). The van der Waals surface area contributed by atoms with E-state index in [1.165, 1.54) is 30.3 Å². The highest BCUT2D eigenvalue weighted by Gasteiger charge is 2.30. The minimum atomic E-state index is -4.46. The van der Waals surface area contributed by atoms with Crippen molar-refractivity contribution in [2.45, 2.75) is 29.6 Å². The van der Waals surface area contributed by atoms with E-state index >= 15 is 0 Å². The standard InChI is InChI=1S/C21H15F4N3O2S/c1-2-9-29-18-16-19(30-17(26-16)12-5-3-7-14(22)10-12)28-20(27-18)31-15-8-4-6-13(11-15)21(23,24)25/h3-8,10-11H,2,9H2,1H3. The quantitative estimate of drug-likeness (QED) is 0.251. The lowest BCUT2D eigenvalue weighted by atomic mass is 10.2. The Labute approximate surface area is 178 Å². The van der Waals surface area contributed by atoms with Gasteiger partial charge in [0.05, 0.1) is 12.2 Å². The predicted molar refractivity (Wildman–Crippen MR) is 106 cm³/mol. The molecule has 31 heavy (non-hydrogen) atoms. The topological polar surface area (TPSA) is 61.0 Å². The molecule has 0 atom stereocenters. The number of benzene rings is 2. The number of fused-ring (bicyclic) bond motifs is 1. The van der Waals surface area contributed by atoms with Crippen LogP contribution in [0.4, 0.5) is 17.6 Å². The molecule has 5 nitrogen and oxygen atoms in total. The van der Waals surface area contributed by atoms with E-state index in [1.54, 1.807) is 6.07 Å². The fraction of sp³-hybridized carbons (Fsp3) is 0.190. The van der Waals surface area contributed by atoms with Gasteiger partial charge in [-0.1, -0.05) is 19.1 Å². The lowest BCUT2D eigenvalue weighted by molar-refractivity contribution is -0.137. The highest BCUT2D eigenvalue weighted by atomic mass is 32.2. The maximum atomic E-state index is 13.6. The minimum absolute atomic E-state index is 0.0924. The van der Waals surface area contributed by atoms with Crippen LogP contribution in [0.2, 0.25) is 0 Å². The summed E-state index contributed by atoms with van der Waals surface area (Å²) in [6, 6.07) is 10.6. The van der Waals surface area contributed by atoms with Gasteiger partial charge < -0.3 is 9.15 Å². The van der Waals surface area contributed by atoms with Gasteiger partial charge in [-0.2, -0.15) is 23.1 Å². The molecule has 0 spiro atoms. The molecule has 0 bridgehead atoms. The average Bonchev–Trinajstić information content (AvgIpc) is 3.16. The van der Waals surface area contributed by atoms with Crippen molar-refractivity contribution in [3.05, 3.63) is 59.9 Å². The zero-order chi connectivity index (χ0) is 22.0. The molecular weight excluding hydrogens is 434 g/mol. The van der Waals surface area contributed by atoms with Gasteiger partial charge in [-0.05, 0) is 54.6 Å². The van der Waals surface area contributed by atoms with Crippen LogP contribution in [-0.4, -0.2) is 21.6 Å². The Bertz CT molecular complexity index is 1230. The molecule has 0 saturated carbocycles. The number of oxazole rings is 1. The Morgan fingerprint density at radius 2 is 1.84 bits per heavy atom. The molecule has 2 aromatic heterocycles. The van der Waals surface area contributed by atoms with E-state index in [0.717, 1.165) is 23.9 Å². The second kappa shape index (κ2) is 8.54. The summed E-state index contributed by atoms with van der Waals surface area (Å²) in [4.78, 5) is 13.2. The monoisotopic (exact) mass is 449 g/mol. The van der Waals surface area contributed by atoms with E-state index in [9.17, 15) is 17.6 Å². The summed E-state index contributed by atoms with van der Waals surface area (Å²) >= 11 is 0.938. The Morgan fingerprint density at radius 1 is 1.03 bits per heavy atom.